The van der Waals surface area contributed by atoms with Crippen LogP contribution in [0.4, 0.5) is 5.69 Å². The molecule has 1 fully saturated rings. The van der Waals surface area contributed by atoms with Gasteiger partial charge in [-0.2, -0.15) is 0 Å². The minimum atomic E-state index is -3.76. The smallest absolute Gasteiger partial charge is 0.337 e. The molecule has 1 saturated carbocycles. The molecule has 0 atom stereocenters. The van der Waals surface area contributed by atoms with Crippen molar-refractivity contribution in [2.24, 2.45) is 5.92 Å². The van der Waals surface area contributed by atoms with Crippen LogP contribution in [0.2, 0.25) is 0 Å². The largest absolute Gasteiger partial charge is 0.478 e. The molecule has 0 spiro atoms. The summed E-state index contributed by atoms with van der Waals surface area (Å²) in [6.07, 6.45) is 4.77. The van der Waals surface area contributed by atoms with Crippen LogP contribution >= 0.6 is 0 Å². The van der Waals surface area contributed by atoms with Gasteiger partial charge in [-0.3, -0.25) is 4.72 Å². The predicted octanol–water partition coefficient (Wildman–Crippen LogP) is 2.50. The van der Waals surface area contributed by atoms with Gasteiger partial charge >= 0.3 is 5.97 Å². The molecule has 1 aromatic carbocycles. The number of nitrogens with one attached hydrogen (secondary N) is 1. The van der Waals surface area contributed by atoms with Crippen LogP contribution in [0.3, 0.4) is 0 Å². The number of hydrogen-bond donors (Lipinski definition) is 2. The lowest BCUT2D eigenvalue weighted by molar-refractivity contribution is 0.0698. The van der Waals surface area contributed by atoms with Crippen molar-refractivity contribution in [2.45, 2.75) is 43.9 Å². The molecule has 9 heteroatoms. The van der Waals surface area contributed by atoms with E-state index in [0.29, 0.717) is 12.3 Å². The molecule has 140 valence electrons. The molecule has 0 unspecified atom stereocenters. The van der Waals surface area contributed by atoms with Crippen molar-refractivity contribution in [3.05, 3.63) is 23.8 Å². The third-order valence-corrected chi connectivity index (χ3v) is 7.53. The van der Waals surface area contributed by atoms with Gasteiger partial charge in [-0.25, -0.2) is 21.6 Å². The molecule has 0 bridgehead atoms. The number of anilines is 1. The van der Waals surface area contributed by atoms with Gasteiger partial charge in [0.25, 0.3) is 0 Å². The molecule has 0 amide bonds. The van der Waals surface area contributed by atoms with E-state index in [1.54, 1.807) is 0 Å². The fourth-order valence-corrected chi connectivity index (χ4v) is 5.15. The SMILES string of the molecule is CCS(=O)(=O)c1ccc(C(=O)O)c(NS(=O)(=O)CCC2CCCC2)c1. The van der Waals surface area contributed by atoms with E-state index in [4.69, 9.17) is 0 Å². The molecule has 2 rings (SSSR count). The van der Waals surface area contributed by atoms with Crippen molar-refractivity contribution < 1.29 is 26.7 Å². The molecule has 0 heterocycles. The van der Waals surface area contributed by atoms with Crippen molar-refractivity contribution in [3.8, 4) is 0 Å². The molecule has 1 aliphatic rings. The Balaban J connectivity index is 2.25. The summed E-state index contributed by atoms with van der Waals surface area (Å²) in [7, 11) is -7.33. The number of hydrogen-bond acceptors (Lipinski definition) is 5. The minimum Gasteiger partial charge on any atom is -0.478 e. The molecule has 25 heavy (non-hydrogen) atoms. The zero-order valence-electron chi connectivity index (χ0n) is 14.1. The second-order valence-corrected chi connectivity index (χ2v) is 10.4. The lowest BCUT2D eigenvalue weighted by Gasteiger charge is -2.14. The standard InChI is InChI=1S/C16H23NO6S2/c1-2-24(20,21)13-7-8-14(16(18)19)15(11-13)17-25(22,23)10-9-12-5-3-4-6-12/h7-8,11-12,17H,2-6,9-10H2,1H3,(H,18,19). The summed E-state index contributed by atoms with van der Waals surface area (Å²) in [5.74, 6) is -1.22. The quantitative estimate of drug-likeness (QED) is 0.705. The van der Waals surface area contributed by atoms with E-state index in [2.05, 4.69) is 4.72 Å². The summed E-state index contributed by atoms with van der Waals surface area (Å²) in [5.41, 5.74) is -0.493. The normalized spacial score (nSPS) is 16.0. The van der Waals surface area contributed by atoms with Gasteiger partial charge in [-0.05, 0) is 30.5 Å². The average molecular weight is 389 g/mol. The fraction of sp³-hybridized carbons (Fsp3) is 0.562. The average Bonchev–Trinajstić information content (AvgIpc) is 3.06. The second-order valence-electron chi connectivity index (χ2n) is 6.28. The van der Waals surface area contributed by atoms with E-state index in [1.165, 1.54) is 13.0 Å². The molecule has 1 aromatic rings. The number of rotatable bonds is 8. The summed E-state index contributed by atoms with van der Waals surface area (Å²) < 4.78 is 50.8. The third kappa shape index (κ3) is 5.18. The van der Waals surface area contributed by atoms with Gasteiger partial charge in [-0.1, -0.05) is 32.6 Å². The minimum absolute atomic E-state index is 0.103. The van der Waals surface area contributed by atoms with Crippen LogP contribution < -0.4 is 4.72 Å². The van der Waals surface area contributed by atoms with Crippen molar-refractivity contribution in [1.82, 2.24) is 0 Å². The monoisotopic (exact) mass is 389 g/mol. The zero-order valence-corrected chi connectivity index (χ0v) is 15.7. The highest BCUT2D eigenvalue weighted by Gasteiger charge is 2.22. The highest BCUT2D eigenvalue weighted by Crippen LogP contribution is 2.28. The van der Waals surface area contributed by atoms with Gasteiger partial charge in [0.15, 0.2) is 9.84 Å². The van der Waals surface area contributed by atoms with Gasteiger partial charge in [0.05, 0.1) is 27.7 Å². The van der Waals surface area contributed by atoms with E-state index in [9.17, 15) is 26.7 Å². The highest BCUT2D eigenvalue weighted by molar-refractivity contribution is 7.92. The second kappa shape index (κ2) is 7.74. The van der Waals surface area contributed by atoms with Crippen LogP contribution in [0.25, 0.3) is 0 Å². The van der Waals surface area contributed by atoms with Crippen molar-refractivity contribution in [2.75, 3.05) is 16.2 Å². The lowest BCUT2D eigenvalue weighted by atomic mass is 10.1. The Hall–Kier alpha value is -1.61. The van der Waals surface area contributed by atoms with E-state index < -0.39 is 25.8 Å². The predicted molar refractivity (Wildman–Crippen MR) is 95.1 cm³/mol. The first-order valence-electron chi connectivity index (χ1n) is 8.25. The van der Waals surface area contributed by atoms with Crippen LogP contribution in [0, 0.1) is 5.92 Å². The molecule has 1 aliphatic carbocycles. The number of carboxylic acid groups (broad SMARTS) is 1. The number of carboxylic acids is 1. The maximum Gasteiger partial charge on any atom is 0.337 e. The Morgan fingerprint density at radius 1 is 1.20 bits per heavy atom. The highest BCUT2D eigenvalue weighted by atomic mass is 32.2. The van der Waals surface area contributed by atoms with Crippen molar-refractivity contribution in [1.29, 1.82) is 0 Å². The van der Waals surface area contributed by atoms with Crippen LogP contribution in [0.15, 0.2) is 23.1 Å². The molecule has 2 N–H and O–H groups in total. The first-order valence-corrected chi connectivity index (χ1v) is 11.6. The van der Waals surface area contributed by atoms with E-state index in [0.717, 1.165) is 37.8 Å². The number of aromatic carboxylic acids is 1. The number of benzene rings is 1. The maximum absolute atomic E-state index is 12.3. The molecule has 7 nitrogen and oxygen atoms in total. The van der Waals surface area contributed by atoms with E-state index in [1.807, 2.05) is 0 Å². The summed E-state index contributed by atoms with van der Waals surface area (Å²) in [6, 6.07) is 3.37. The van der Waals surface area contributed by atoms with Crippen LogP contribution in [0.5, 0.6) is 0 Å². The Labute approximate surface area is 148 Å². The fourth-order valence-electron chi connectivity index (χ4n) is 2.99. The molecular formula is C16H23NO6S2. The first-order chi connectivity index (χ1) is 11.6. The third-order valence-electron chi connectivity index (χ3n) is 4.50. The first kappa shape index (κ1) is 19.7. The molecule has 0 aliphatic heterocycles. The Kier molecular flexibility index (Phi) is 6.10. The van der Waals surface area contributed by atoms with Gasteiger partial charge in [0, 0.05) is 0 Å². The van der Waals surface area contributed by atoms with Gasteiger partial charge < -0.3 is 5.11 Å². The number of sulfone groups is 1. The van der Waals surface area contributed by atoms with Gasteiger partial charge in [-0.15, -0.1) is 0 Å². The van der Waals surface area contributed by atoms with Gasteiger partial charge in [0.1, 0.15) is 0 Å². The molecule has 0 radical (unpaired) electrons. The topological polar surface area (TPSA) is 118 Å². The van der Waals surface area contributed by atoms with Gasteiger partial charge in [0.2, 0.25) is 10.0 Å². The number of carbonyl (C=O) groups is 1. The van der Waals surface area contributed by atoms with Crippen LogP contribution in [-0.4, -0.2) is 39.4 Å². The Morgan fingerprint density at radius 2 is 1.84 bits per heavy atom. The lowest BCUT2D eigenvalue weighted by Crippen LogP contribution is -2.20. The summed E-state index contributed by atoms with van der Waals surface area (Å²) in [4.78, 5) is 11.2. The summed E-state index contributed by atoms with van der Waals surface area (Å²) in [6.45, 7) is 1.46. The zero-order chi connectivity index (χ0) is 18.7. The molecule has 0 saturated heterocycles. The maximum atomic E-state index is 12.3. The molecular weight excluding hydrogens is 366 g/mol. The number of sulfonamides is 1. The van der Waals surface area contributed by atoms with Crippen molar-refractivity contribution >= 4 is 31.5 Å². The molecule has 0 aromatic heterocycles. The van der Waals surface area contributed by atoms with Crippen LogP contribution in [-0.2, 0) is 19.9 Å². The Morgan fingerprint density at radius 3 is 2.40 bits per heavy atom. The van der Waals surface area contributed by atoms with Crippen LogP contribution in [0.1, 0.15) is 49.4 Å². The van der Waals surface area contributed by atoms with E-state index >= 15 is 0 Å². The van der Waals surface area contributed by atoms with E-state index in [-0.39, 0.29) is 27.7 Å². The van der Waals surface area contributed by atoms with Crippen molar-refractivity contribution in [3.63, 3.8) is 0 Å². The summed E-state index contributed by atoms with van der Waals surface area (Å²) >= 11 is 0. The Bertz CT molecular complexity index is 839. The summed E-state index contributed by atoms with van der Waals surface area (Å²) in [5, 5.41) is 9.23.